The Morgan fingerprint density at radius 1 is 1.28 bits per heavy atom. The number of carbonyl (C=O) groups is 1. The van der Waals surface area contributed by atoms with Gasteiger partial charge in [-0.2, -0.15) is 0 Å². The van der Waals surface area contributed by atoms with Crippen LogP contribution in [-0.2, 0) is 0 Å². The van der Waals surface area contributed by atoms with Gasteiger partial charge in [-0.05, 0) is 43.4 Å². The number of hydrogen-bond donors (Lipinski definition) is 2. The van der Waals surface area contributed by atoms with Gasteiger partial charge in [0, 0.05) is 21.8 Å². The number of halogens is 1. The summed E-state index contributed by atoms with van der Waals surface area (Å²) < 4.78 is 5.87. The minimum Gasteiger partial charge on any atom is -0.496 e. The summed E-state index contributed by atoms with van der Waals surface area (Å²) in [4.78, 5) is 22.9. The van der Waals surface area contributed by atoms with Crippen molar-refractivity contribution in [2.24, 2.45) is 0 Å². The van der Waals surface area contributed by atoms with Crippen LogP contribution in [0.5, 0.6) is 5.75 Å². The first-order valence-corrected chi connectivity index (χ1v) is 8.23. The maximum atomic E-state index is 12.4. The standard InChI is InChI=1S/C16H14BrN3O4S/c1-9-3-5-11(8-13(9)20(22)23)18-16(25)19-15(21)12-7-10(17)4-6-14(12)24-2/h3-8H,1-2H3,(H2,18,19,21,25). The van der Waals surface area contributed by atoms with E-state index < -0.39 is 10.8 Å². The highest BCUT2D eigenvalue weighted by Crippen LogP contribution is 2.24. The number of aryl methyl sites for hydroxylation is 1. The summed E-state index contributed by atoms with van der Waals surface area (Å²) in [5, 5.41) is 16.3. The maximum Gasteiger partial charge on any atom is 0.274 e. The van der Waals surface area contributed by atoms with Crippen LogP contribution in [0.1, 0.15) is 15.9 Å². The van der Waals surface area contributed by atoms with E-state index in [0.29, 0.717) is 27.0 Å². The second-order valence-corrected chi connectivity index (χ2v) is 6.34. The van der Waals surface area contributed by atoms with Gasteiger partial charge in [0.05, 0.1) is 17.6 Å². The van der Waals surface area contributed by atoms with Crippen LogP contribution in [0.15, 0.2) is 40.9 Å². The second kappa shape index (κ2) is 8.04. The number of nitro groups is 1. The largest absolute Gasteiger partial charge is 0.496 e. The average Bonchev–Trinajstić information content (AvgIpc) is 2.56. The average molecular weight is 424 g/mol. The Balaban J connectivity index is 2.13. The summed E-state index contributed by atoms with van der Waals surface area (Å²) in [6, 6.07) is 9.60. The zero-order valence-corrected chi connectivity index (χ0v) is 15.7. The summed E-state index contributed by atoms with van der Waals surface area (Å²) in [6.45, 7) is 1.64. The van der Waals surface area contributed by atoms with Crippen LogP contribution < -0.4 is 15.4 Å². The van der Waals surface area contributed by atoms with E-state index in [1.54, 1.807) is 37.3 Å². The molecule has 0 atom stereocenters. The number of carbonyl (C=O) groups excluding carboxylic acids is 1. The molecule has 0 aliphatic rings. The van der Waals surface area contributed by atoms with Crippen molar-refractivity contribution in [3.05, 3.63) is 62.1 Å². The third kappa shape index (κ3) is 4.74. The molecular formula is C16H14BrN3O4S. The van der Waals surface area contributed by atoms with Gasteiger partial charge in [0.15, 0.2) is 5.11 Å². The van der Waals surface area contributed by atoms with Gasteiger partial charge in [0.25, 0.3) is 11.6 Å². The number of rotatable bonds is 4. The summed E-state index contributed by atoms with van der Waals surface area (Å²) in [5.41, 5.74) is 1.21. The molecule has 0 aliphatic heterocycles. The Bertz CT molecular complexity index is 857. The molecule has 130 valence electrons. The number of hydrogen-bond acceptors (Lipinski definition) is 5. The molecule has 7 nitrogen and oxygen atoms in total. The van der Waals surface area contributed by atoms with Crippen molar-refractivity contribution < 1.29 is 14.5 Å². The summed E-state index contributed by atoms with van der Waals surface area (Å²) in [5.74, 6) is -0.0632. The summed E-state index contributed by atoms with van der Waals surface area (Å²) in [7, 11) is 1.46. The molecule has 1 amide bonds. The highest BCUT2D eigenvalue weighted by atomic mass is 79.9. The third-order valence-electron chi connectivity index (χ3n) is 3.30. The Morgan fingerprint density at radius 3 is 2.64 bits per heavy atom. The zero-order chi connectivity index (χ0) is 18.6. The smallest absolute Gasteiger partial charge is 0.274 e. The van der Waals surface area contributed by atoms with Crippen LogP contribution in [0.25, 0.3) is 0 Å². The Kier molecular flexibility index (Phi) is 6.05. The van der Waals surface area contributed by atoms with Crippen LogP contribution in [0.2, 0.25) is 0 Å². The quantitative estimate of drug-likeness (QED) is 0.441. The number of benzene rings is 2. The fourth-order valence-electron chi connectivity index (χ4n) is 2.07. The van der Waals surface area contributed by atoms with E-state index in [-0.39, 0.29) is 10.8 Å². The van der Waals surface area contributed by atoms with Gasteiger partial charge in [0.1, 0.15) is 5.75 Å². The van der Waals surface area contributed by atoms with Gasteiger partial charge in [-0.15, -0.1) is 0 Å². The molecule has 2 aromatic rings. The Morgan fingerprint density at radius 2 is 2.00 bits per heavy atom. The first-order valence-electron chi connectivity index (χ1n) is 7.02. The van der Waals surface area contributed by atoms with Gasteiger partial charge in [0.2, 0.25) is 0 Å². The van der Waals surface area contributed by atoms with E-state index in [9.17, 15) is 14.9 Å². The zero-order valence-electron chi connectivity index (χ0n) is 13.3. The first kappa shape index (κ1) is 18.8. The molecule has 2 aromatic carbocycles. The molecule has 9 heteroatoms. The van der Waals surface area contributed by atoms with E-state index >= 15 is 0 Å². The van der Waals surface area contributed by atoms with E-state index in [4.69, 9.17) is 17.0 Å². The predicted molar refractivity (Wildman–Crippen MR) is 102 cm³/mol. The molecule has 0 aliphatic carbocycles. The monoisotopic (exact) mass is 423 g/mol. The van der Waals surface area contributed by atoms with Crippen LogP contribution in [0.4, 0.5) is 11.4 Å². The molecule has 0 saturated heterocycles. The molecule has 0 bridgehead atoms. The molecule has 0 saturated carbocycles. The van der Waals surface area contributed by atoms with Crippen molar-refractivity contribution in [1.29, 1.82) is 0 Å². The molecule has 0 aromatic heterocycles. The normalized spacial score (nSPS) is 10.0. The molecule has 2 N–H and O–H groups in total. The number of nitrogens with zero attached hydrogens (tertiary/aromatic N) is 1. The number of methoxy groups -OCH3 is 1. The van der Waals surface area contributed by atoms with Gasteiger partial charge in [-0.25, -0.2) is 0 Å². The maximum absolute atomic E-state index is 12.4. The van der Waals surface area contributed by atoms with E-state index in [0.717, 1.165) is 0 Å². The highest BCUT2D eigenvalue weighted by Gasteiger charge is 2.15. The van der Waals surface area contributed by atoms with Crippen LogP contribution in [0, 0.1) is 17.0 Å². The highest BCUT2D eigenvalue weighted by molar-refractivity contribution is 9.10. The topological polar surface area (TPSA) is 93.5 Å². The van der Waals surface area contributed by atoms with Crippen molar-refractivity contribution >= 4 is 50.5 Å². The lowest BCUT2D eigenvalue weighted by atomic mass is 10.2. The van der Waals surface area contributed by atoms with Gasteiger partial charge < -0.3 is 10.1 Å². The lowest BCUT2D eigenvalue weighted by Gasteiger charge is -2.12. The van der Waals surface area contributed by atoms with Crippen molar-refractivity contribution in [1.82, 2.24) is 5.32 Å². The molecule has 0 heterocycles. The second-order valence-electron chi connectivity index (χ2n) is 5.01. The summed E-state index contributed by atoms with van der Waals surface area (Å²) in [6.07, 6.45) is 0. The number of ether oxygens (including phenoxy) is 1. The van der Waals surface area contributed by atoms with E-state index in [1.807, 2.05) is 0 Å². The van der Waals surface area contributed by atoms with Crippen molar-refractivity contribution in [2.75, 3.05) is 12.4 Å². The first-order chi connectivity index (χ1) is 11.8. The lowest BCUT2D eigenvalue weighted by molar-refractivity contribution is -0.385. The van der Waals surface area contributed by atoms with E-state index in [2.05, 4.69) is 26.6 Å². The van der Waals surface area contributed by atoms with E-state index in [1.165, 1.54) is 13.2 Å². The Hall–Kier alpha value is -2.52. The minimum atomic E-state index is -0.478. The number of nitrogens with one attached hydrogen (secondary N) is 2. The molecule has 2 rings (SSSR count). The molecule has 0 fully saturated rings. The molecular weight excluding hydrogens is 410 g/mol. The molecule has 0 unspecified atom stereocenters. The summed E-state index contributed by atoms with van der Waals surface area (Å²) >= 11 is 8.40. The van der Waals surface area contributed by atoms with Crippen LogP contribution >= 0.6 is 28.1 Å². The Labute approximate surface area is 157 Å². The molecule has 0 radical (unpaired) electrons. The molecule has 0 spiro atoms. The van der Waals surface area contributed by atoms with Crippen LogP contribution in [0.3, 0.4) is 0 Å². The fourth-order valence-corrected chi connectivity index (χ4v) is 2.65. The van der Waals surface area contributed by atoms with Crippen molar-refractivity contribution in [3.8, 4) is 5.75 Å². The molecule has 25 heavy (non-hydrogen) atoms. The number of nitro benzene ring substituents is 1. The number of amides is 1. The lowest BCUT2D eigenvalue weighted by Crippen LogP contribution is -2.34. The minimum absolute atomic E-state index is 0.0187. The predicted octanol–water partition coefficient (Wildman–Crippen LogP) is 3.80. The van der Waals surface area contributed by atoms with Gasteiger partial charge >= 0.3 is 0 Å². The van der Waals surface area contributed by atoms with Gasteiger partial charge in [-0.3, -0.25) is 20.2 Å². The number of thiocarbonyl (C=S) groups is 1. The van der Waals surface area contributed by atoms with Gasteiger partial charge in [-0.1, -0.05) is 22.0 Å². The van der Waals surface area contributed by atoms with Crippen molar-refractivity contribution in [3.63, 3.8) is 0 Å². The SMILES string of the molecule is COc1ccc(Br)cc1C(=O)NC(=S)Nc1ccc(C)c([N+](=O)[O-])c1. The number of anilines is 1. The third-order valence-corrected chi connectivity index (χ3v) is 3.99. The van der Waals surface area contributed by atoms with Crippen LogP contribution in [-0.4, -0.2) is 23.1 Å². The van der Waals surface area contributed by atoms with Crippen molar-refractivity contribution in [2.45, 2.75) is 6.92 Å². The fraction of sp³-hybridized carbons (Fsp3) is 0.125.